The topological polar surface area (TPSA) is 63.6 Å². The maximum atomic E-state index is 10.4. The zero-order valence-electron chi connectivity index (χ0n) is 23.9. The standard InChI is InChI=1S/C28H54O2.C4H6O2/c29-28(30)26-22-17-15-13-11-9-7-5-3-1-2-4-6-8-10-12-14-16-19-23-27-24-20-18-21-25-27;1-3-6-4(2)5/h27H,1-26H2,(H,29,30);3H,1H2,2H3. The summed E-state index contributed by atoms with van der Waals surface area (Å²) in [7, 11) is 0. The highest BCUT2D eigenvalue weighted by Gasteiger charge is 2.12. The van der Waals surface area contributed by atoms with E-state index in [2.05, 4.69) is 11.3 Å². The lowest BCUT2D eigenvalue weighted by Gasteiger charge is -2.21. The second kappa shape index (κ2) is 28.3. The van der Waals surface area contributed by atoms with Crippen molar-refractivity contribution in [1.29, 1.82) is 0 Å². The van der Waals surface area contributed by atoms with E-state index in [1.807, 2.05) is 0 Å². The van der Waals surface area contributed by atoms with Gasteiger partial charge in [-0.25, -0.2) is 0 Å². The van der Waals surface area contributed by atoms with Gasteiger partial charge in [-0.1, -0.05) is 161 Å². The first-order chi connectivity index (χ1) is 17.6. The number of hydrogen-bond acceptors (Lipinski definition) is 3. The average molecular weight is 509 g/mol. The number of carboxylic acid groups (broad SMARTS) is 1. The lowest BCUT2D eigenvalue weighted by Crippen LogP contribution is -2.05. The number of unbranched alkanes of at least 4 members (excludes halogenated alkanes) is 18. The molecule has 0 aromatic rings. The summed E-state index contributed by atoms with van der Waals surface area (Å²) >= 11 is 0. The van der Waals surface area contributed by atoms with Crippen LogP contribution in [0.3, 0.4) is 0 Å². The number of carbonyl (C=O) groups is 2. The second-order valence-corrected chi connectivity index (χ2v) is 10.9. The minimum absolute atomic E-state index is 0.329. The summed E-state index contributed by atoms with van der Waals surface area (Å²) in [6.45, 7) is 4.48. The van der Waals surface area contributed by atoms with Gasteiger partial charge in [0.2, 0.25) is 0 Å². The molecular formula is C32H60O4. The van der Waals surface area contributed by atoms with Crippen LogP contribution < -0.4 is 0 Å². The highest BCUT2D eigenvalue weighted by Crippen LogP contribution is 2.28. The van der Waals surface area contributed by atoms with Gasteiger partial charge in [0.15, 0.2) is 0 Å². The fraction of sp³-hybridized carbons (Fsp3) is 0.875. The third-order valence-corrected chi connectivity index (χ3v) is 7.48. The highest BCUT2D eigenvalue weighted by atomic mass is 16.5. The van der Waals surface area contributed by atoms with Crippen molar-refractivity contribution in [1.82, 2.24) is 0 Å². The quantitative estimate of drug-likeness (QED) is 0.0846. The summed E-state index contributed by atoms with van der Waals surface area (Å²) in [4.78, 5) is 20.2. The van der Waals surface area contributed by atoms with Crippen molar-refractivity contribution in [2.45, 2.75) is 174 Å². The summed E-state index contributed by atoms with van der Waals surface area (Å²) in [5.41, 5.74) is 0. The minimum Gasteiger partial charge on any atom is -0.481 e. The first-order valence-electron chi connectivity index (χ1n) is 15.6. The lowest BCUT2D eigenvalue weighted by atomic mass is 9.85. The monoisotopic (exact) mass is 508 g/mol. The molecule has 1 rings (SSSR count). The van der Waals surface area contributed by atoms with Crippen LogP contribution in [0.1, 0.15) is 174 Å². The van der Waals surface area contributed by atoms with Gasteiger partial charge in [0.1, 0.15) is 0 Å². The lowest BCUT2D eigenvalue weighted by molar-refractivity contribution is -0.137. The van der Waals surface area contributed by atoms with E-state index in [9.17, 15) is 9.59 Å². The molecule has 0 amide bonds. The van der Waals surface area contributed by atoms with Gasteiger partial charge in [-0.05, 0) is 12.3 Å². The first kappa shape index (κ1) is 34.7. The molecule has 0 unspecified atom stereocenters. The maximum Gasteiger partial charge on any atom is 0.307 e. The smallest absolute Gasteiger partial charge is 0.307 e. The van der Waals surface area contributed by atoms with Crippen molar-refractivity contribution in [3.05, 3.63) is 12.8 Å². The normalized spacial score (nSPS) is 13.6. The van der Waals surface area contributed by atoms with Crippen molar-refractivity contribution >= 4 is 11.9 Å². The summed E-state index contributed by atoms with van der Waals surface area (Å²) in [5, 5.41) is 8.60. The van der Waals surface area contributed by atoms with E-state index in [1.54, 1.807) is 0 Å². The van der Waals surface area contributed by atoms with Crippen LogP contribution in [0.25, 0.3) is 0 Å². The summed E-state index contributed by atoms with van der Waals surface area (Å²) in [5.74, 6) is 0.107. The molecule has 36 heavy (non-hydrogen) atoms. The average Bonchev–Trinajstić information content (AvgIpc) is 2.85. The third kappa shape index (κ3) is 28.9. The molecule has 1 fully saturated rings. The van der Waals surface area contributed by atoms with Crippen molar-refractivity contribution in [2.75, 3.05) is 0 Å². The van der Waals surface area contributed by atoms with Gasteiger partial charge in [0.05, 0.1) is 6.26 Å². The number of rotatable bonds is 23. The molecule has 0 radical (unpaired) electrons. The number of hydrogen-bond donors (Lipinski definition) is 1. The van der Waals surface area contributed by atoms with E-state index in [1.165, 1.54) is 155 Å². The van der Waals surface area contributed by atoms with E-state index in [0.717, 1.165) is 25.0 Å². The van der Waals surface area contributed by atoms with E-state index in [0.29, 0.717) is 6.42 Å². The molecule has 0 saturated heterocycles. The SMILES string of the molecule is C=COC(C)=O.O=C(O)CCCCCCCCCCCCCCCCCCCCCC1CCCCC1. The van der Waals surface area contributed by atoms with E-state index in [-0.39, 0.29) is 5.97 Å². The minimum atomic E-state index is -0.648. The molecule has 0 bridgehead atoms. The van der Waals surface area contributed by atoms with Crippen LogP contribution in [0.2, 0.25) is 0 Å². The fourth-order valence-electron chi connectivity index (χ4n) is 5.31. The fourth-order valence-corrected chi connectivity index (χ4v) is 5.31. The molecule has 0 heterocycles. The Labute approximate surface area is 224 Å². The van der Waals surface area contributed by atoms with Crippen LogP contribution in [-0.4, -0.2) is 17.0 Å². The molecule has 0 spiro atoms. The first-order valence-corrected chi connectivity index (χ1v) is 15.6. The van der Waals surface area contributed by atoms with Crippen molar-refractivity contribution in [2.24, 2.45) is 5.92 Å². The second-order valence-electron chi connectivity index (χ2n) is 10.9. The Balaban J connectivity index is 0.00000181. The summed E-state index contributed by atoms with van der Waals surface area (Å²) < 4.78 is 4.17. The Hall–Kier alpha value is -1.32. The molecule has 1 aliphatic rings. The van der Waals surface area contributed by atoms with Gasteiger partial charge in [-0.15, -0.1) is 0 Å². The van der Waals surface area contributed by atoms with Crippen molar-refractivity contribution < 1.29 is 19.4 Å². The van der Waals surface area contributed by atoms with Crippen LogP contribution in [0, 0.1) is 5.92 Å². The van der Waals surface area contributed by atoms with E-state index in [4.69, 9.17) is 5.11 Å². The molecule has 0 aliphatic heterocycles. The number of ether oxygens (including phenoxy) is 1. The van der Waals surface area contributed by atoms with Crippen LogP contribution in [0.5, 0.6) is 0 Å². The Morgan fingerprint density at radius 3 is 1.33 bits per heavy atom. The third-order valence-electron chi connectivity index (χ3n) is 7.48. The Kier molecular flexibility index (Phi) is 27.2. The molecule has 4 nitrogen and oxygen atoms in total. The van der Waals surface area contributed by atoms with Gasteiger partial charge in [-0.2, -0.15) is 0 Å². The Morgan fingerprint density at radius 1 is 0.667 bits per heavy atom. The zero-order valence-corrected chi connectivity index (χ0v) is 23.9. The highest BCUT2D eigenvalue weighted by molar-refractivity contribution is 5.66. The van der Waals surface area contributed by atoms with Crippen molar-refractivity contribution in [3.63, 3.8) is 0 Å². The molecule has 1 aliphatic carbocycles. The van der Waals surface area contributed by atoms with E-state index >= 15 is 0 Å². The van der Waals surface area contributed by atoms with Crippen LogP contribution in [0.4, 0.5) is 0 Å². The molecule has 4 heteroatoms. The van der Waals surface area contributed by atoms with Gasteiger partial charge < -0.3 is 9.84 Å². The number of aliphatic carboxylic acids is 1. The van der Waals surface area contributed by atoms with Crippen LogP contribution in [0.15, 0.2) is 12.8 Å². The van der Waals surface area contributed by atoms with Gasteiger partial charge in [0, 0.05) is 13.3 Å². The molecule has 0 aromatic heterocycles. The largest absolute Gasteiger partial charge is 0.481 e. The summed E-state index contributed by atoms with van der Waals surface area (Å²) in [6, 6.07) is 0. The predicted octanol–water partition coefficient (Wildman–Crippen LogP) is 10.5. The predicted molar refractivity (Wildman–Crippen MR) is 153 cm³/mol. The van der Waals surface area contributed by atoms with Gasteiger partial charge in [-0.3, -0.25) is 9.59 Å². The van der Waals surface area contributed by atoms with Crippen molar-refractivity contribution in [3.8, 4) is 0 Å². The molecule has 0 aromatic carbocycles. The summed E-state index contributed by atoms with van der Waals surface area (Å²) in [6.07, 6.45) is 36.6. The zero-order chi connectivity index (χ0) is 26.5. The molecule has 1 N–H and O–H groups in total. The number of carboxylic acids is 1. The van der Waals surface area contributed by atoms with Gasteiger partial charge >= 0.3 is 11.9 Å². The Bertz CT molecular complexity index is 496. The molecule has 212 valence electrons. The van der Waals surface area contributed by atoms with Gasteiger partial charge in [0.25, 0.3) is 0 Å². The molecule has 1 saturated carbocycles. The van der Waals surface area contributed by atoms with Crippen LogP contribution in [-0.2, 0) is 14.3 Å². The number of esters is 1. The Morgan fingerprint density at radius 2 is 1.03 bits per heavy atom. The molecule has 0 atom stereocenters. The van der Waals surface area contributed by atoms with Crippen LogP contribution >= 0.6 is 0 Å². The number of carbonyl (C=O) groups excluding carboxylic acids is 1. The molecular weight excluding hydrogens is 448 g/mol. The maximum absolute atomic E-state index is 10.4. The van der Waals surface area contributed by atoms with E-state index < -0.39 is 5.97 Å².